The molecule has 0 fully saturated rings. The van der Waals surface area contributed by atoms with E-state index in [1.54, 1.807) is 47.0 Å². The van der Waals surface area contributed by atoms with E-state index in [-0.39, 0.29) is 11.6 Å². The average molecular weight is 365 g/mol. The maximum atomic E-state index is 11.0. The minimum Gasteiger partial charge on any atom is -0.494 e. The van der Waals surface area contributed by atoms with E-state index < -0.39 is 0 Å². The van der Waals surface area contributed by atoms with Crippen LogP contribution in [0.25, 0.3) is 10.9 Å². The van der Waals surface area contributed by atoms with Crippen molar-refractivity contribution in [3.63, 3.8) is 0 Å². The van der Waals surface area contributed by atoms with Gasteiger partial charge in [0.1, 0.15) is 5.75 Å². The third-order valence-electron chi connectivity index (χ3n) is 3.67. The van der Waals surface area contributed by atoms with Gasteiger partial charge in [-0.1, -0.05) is 23.2 Å². The van der Waals surface area contributed by atoms with Gasteiger partial charge in [0.05, 0.1) is 12.1 Å². The summed E-state index contributed by atoms with van der Waals surface area (Å²) in [6, 6.07) is 12.2. The molecule has 3 aromatic rings. The van der Waals surface area contributed by atoms with E-state index in [1.165, 1.54) is 0 Å². The summed E-state index contributed by atoms with van der Waals surface area (Å²) in [7, 11) is 0. The highest BCUT2D eigenvalue weighted by molar-refractivity contribution is 6.31. The Morgan fingerprint density at radius 3 is 2.50 bits per heavy atom. The second-order valence-corrected chi connectivity index (χ2v) is 6.11. The van der Waals surface area contributed by atoms with Crippen LogP contribution in [-0.4, -0.2) is 16.3 Å². The largest absolute Gasteiger partial charge is 0.494 e. The number of aromatic nitrogens is 1. The van der Waals surface area contributed by atoms with E-state index in [0.717, 1.165) is 5.75 Å². The Kier molecular flexibility index (Phi) is 4.92. The highest BCUT2D eigenvalue weighted by Gasteiger charge is 2.17. The predicted octanol–water partition coefficient (Wildman–Crippen LogP) is 5.52. The molecule has 1 aromatic heterocycles. The smallest absolute Gasteiger partial charge is 0.222 e. The number of hydrogen-bond acceptors (Lipinski definition) is 4. The summed E-state index contributed by atoms with van der Waals surface area (Å²) in [5.74, 6) is 0.566. The van der Waals surface area contributed by atoms with Crippen molar-refractivity contribution in [2.24, 2.45) is 5.18 Å². The molecule has 0 saturated heterocycles. The first-order valence-electron chi connectivity index (χ1n) is 7.32. The minimum atomic E-state index is -0.159. The lowest BCUT2D eigenvalue weighted by Gasteiger charge is -2.09. The first kappa shape index (κ1) is 16.6. The molecule has 2 aromatic carbocycles. The molecule has 0 radical (unpaired) electrons. The summed E-state index contributed by atoms with van der Waals surface area (Å²) < 4.78 is 7.26. The molecule has 0 spiro atoms. The topological polar surface area (TPSA) is 63.8 Å². The molecule has 124 valence electrons. The van der Waals surface area contributed by atoms with Crippen molar-refractivity contribution < 1.29 is 9.84 Å². The normalized spacial score (nSPS) is 10.9. The van der Waals surface area contributed by atoms with Gasteiger partial charge in [-0.25, -0.2) is 0 Å². The molecule has 0 bridgehead atoms. The molecule has 0 atom stereocenters. The average Bonchev–Trinajstić information content (AvgIpc) is 2.83. The van der Waals surface area contributed by atoms with Gasteiger partial charge < -0.3 is 14.4 Å². The van der Waals surface area contributed by atoms with Crippen LogP contribution in [0.1, 0.15) is 6.42 Å². The SMILES string of the molecule is O=Nc1c(O)n(CCCOc2ccc(Cl)cc2)c2ccc(Cl)cc12. The van der Waals surface area contributed by atoms with Crippen molar-refractivity contribution in [2.75, 3.05) is 6.61 Å². The molecule has 0 saturated carbocycles. The van der Waals surface area contributed by atoms with Gasteiger partial charge in [-0.15, -0.1) is 4.91 Å². The fraction of sp³-hybridized carbons (Fsp3) is 0.176. The number of aromatic hydroxyl groups is 1. The molecule has 0 aliphatic rings. The zero-order chi connectivity index (χ0) is 17.1. The Morgan fingerprint density at radius 2 is 1.79 bits per heavy atom. The predicted molar refractivity (Wildman–Crippen MR) is 95.6 cm³/mol. The highest BCUT2D eigenvalue weighted by Crippen LogP contribution is 2.39. The van der Waals surface area contributed by atoms with Crippen LogP contribution in [-0.2, 0) is 6.54 Å². The van der Waals surface area contributed by atoms with Gasteiger partial charge in [0, 0.05) is 22.0 Å². The molecule has 24 heavy (non-hydrogen) atoms. The number of aryl methyl sites for hydroxylation is 1. The zero-order valence-electron chi connectivity index (χ0n) is 12.6. The second-order valence-electron chi connectivity index (χ2n) is 5.23. The van der Waals surface area contributed by atoms with Gasteiger partial charge in [-0.3, -0.25) is 0 Å². The lowest BCUT2D eigenvalue weighted by atomic mass is 10.2. The Hall–Kier alpha value is -2.24. The van der Waals surface area contributed by atoms with Crippen LogP contribution in [0.3, 0.4) is 0 Å². The monoisotopic (exact) mass is 364 g/mol. The van der Waals surface area contributed by atoms with Crippen LogP contribution in [0.15, 0.2) is 47.6 Å². The second kappa shape index (κ2) is 7.11. The molecule has 0 aliphatic carbocycles. The molecule has 7 heteroatoms. The zero-order valence-corrected chi connectivity index (χ0v) is 14.1. The van der Waals surface area contributed by atoms with E-state index in [9.17, 15) is 10.0 Å². The lowest BCUT2D eigenvalue weighted by Crippen LogP contribution is -2.04. The van der Waals surface area contributed by atoms with Gasteiger partial charge in [-0.2, -0.15) is 0 Å². The lowest BCUT2D eigenvalue weighted by molar-refractivity contribution is 0.298. The summed E-state index contributed by atoms with van der Waals surface area (Å²) in [4.78, 5) is 11.0. The Morgan fingerprint density at radius 1 is 1.08 bits per heavy atom. The number of rotatable bonds is 6. The first-order valence-corrected chi connectivity index (χ1v) is 8.08. The fourth-order valence-corrected chi connectivity index (χ4v) is 2.85. The molecular formula is C17H14Cl2N2O3. The van der Waals surface area contributed by atoms with Gasteiger partial charge in [0.25, 0.3) is 0 Å². The maximum absolute atomic E-state index is 11.0. The van der Waals surface area contributed by atoms with Crippen LogP contribution in [0.4, 0.5) is 5.69 Å². The van der Waals surface area contributed by atoms with Gasteiger partial charge in [-0.05, 0) is 54.1 Å². The summed E-state index contributed by atoms with van der Waals surface area (Å²) in [5.41, 5.74) is 0.712. The molecule has 1 N–H and O–H groups in total. The number of benzene rings is 2. The van der Waals surface area contributed by atoms with Crippen molar-refractivity contribution in [1.29, 1.82) is 0 Å². The third-order valence-corrected chi connectivity index (χ3v) is 4.16. The van der Waals surface area contributed by atoms with Crippen molar-refractivity contribution in [3.05, 3.63) is 57.4 Å². The van der Waals surface area contributed by atoms with Crippen LogP contribution < -0.4 is 4.74 Å². The molecule has 3 rings (SSSR count). The third kappa shape index (κ3) is 3.32. The van der Waals surface area contributed by atoms with Crippen molar-refractivity contribution in [1.82, 2.24) is 4.57 Å². The molecule has 5 nitrogen and oxygen atoms in total. The minimum absolute atomic E-state index is 0.00567. The molecular weight excluding hydrogens is 351 g/mol. The van der Waals surface area contributed by atoms with E-state index >= 15 is 0 Å². The molecule has 0 amide bonds. The summed E-state index contributed by atoms with van der Waals surface area (Å²) in [6.45, 7) is 0.936. The number of nitroso groups, excluding NO2 is 1. The summed E-state index contributed by atoms with van der Waals surface area (Å²) in [5, 5.41) is 14.8. The first-order chi connectivity index (χ1) is 11.6. The number of ether oxygens (including phenoxy) is 1. The Labute approximate surface area is 148 Å². The van der Waals surface area contributed by atoms with Crippen molar-refractivity contribution in [2.45, 2.75) is 13.0 Å². The molecule has 0 aliphatic heterocycles. The van der Waals surface area contributed by atoms with Crippen LogP contribution in [0.2, 0.25) is 10.0 Å². The number of fused-ring (bicyclic) bond motifs is 1. The van der Waals surface area contributed by atoms with E-state index in [1.807, 2.05) is 0 Å². The van der Waals surface area contributed by atoms with Crippen LogP contribution in [0, 0.1) is 4.91 Å². The van der Waals surface area contributed by atoms with Crippen LogP contribution >= 0.6 is 23.2 Å². The molecule has 0 unspecified atom stereocenters. The highest BCUT2D eigenvalue weighted by atomic mass is 35.5. The number of halogens is 2. The van der Waals surface area contributed by atoms with Gasteiger partial charge >= 0.3 is 0 Å². The van der Waals surface area contributed by atoms with E-state index in [4.69, 9.17) is 27.9 Å². The summed E-state index contributed by atoms with van der Waals surface area (Å²) in [6.07, 6.45) is 0.640. The standard InChI is InChI=1S/C17H14Cl2N2O3/c18-11-2-5-13(6-3-11)24-9-1-8-21-15-7-4-12(19)10-14(15)16(20-23)17(21)22/h2-7,10,22H,1,8-9H2. The Balaban J connectivity index is 1.72. The van der Waals surface area contributed by atoms with E-state index in [2.05, 4.69) is 5.18 Å². The fourth-order valence-electron chi connectivity index (χ4n) is 2.56. The van der Waals surface area contributed by atoms with Crippen molar-refractivity contribution >= 4 is 39.8 Å². The summed E-state index contributed by atoms with van der Waals surface area (Å²) >= 11 is 11.8. The molecule has 1 heterocycles. The quantitative estimate of drug-likeness (QED) is 0.462. The number of hydrogen-bond donors (Lipinski definition) is 1. The van der Waals surface area contributed by atoms with Crippen molar-refractivity contribution in [3.8, 4) is 11.6 Å². The van der Waals surface area contributed by atoms with Gasteiger partial charge in [0.2, 0.25) is 5.88 Å². The van der Waals surface area contributed by atoms with Crippen LogP contribution in [0.5, 0.6) is 11.6 Å². The Bertz CT molecular complexity index is 876. The maximum Gasteiger partial charge on any atom is 0.222 e. The van der Waals surface area contributed by atoms with Gasteiger partial charge in [0.15, 0.2) is 5.69 Å². The number of nitrogens with zero attached hydrogens (tertiary/aromatic N) is 2. The van der Waals surface area contributed by atoms with E-state index in [0.29, 0.717) is 40.5 Å².